The zero-order valence-electron chi connectivity index (χ0n) is 9.20. The average molecular weight is 247 g/mol. The van der Waals surface area contributed by atoms with Crippen LogP contribution in [0.1, 0.15) is 11.5 Å². The summed E-state index contributed by atoms with van der Waals surface area (Å²) in [6.07, 6.45) is 0. The molecule has 92 valence electrons. The fourth-order valence-corrected chi connectivity index (χ4v) is 1.85. The van der Waals surface area contributed by atoms with Gasteiger partial charge in [-0.15, -0.1) is 0 Å². The van der Waals surface area contributed by atoms with Crippen LogP contribution in [0.25, 0.3) is 0 Å². The summed E-state index contributed by atoms with van der Waals surface area (Å²) in [5.74, 6) is -5.27. The number of carboxylic acid groups (broad SMARTS) is 1. The maximum atomic E-state index is 11.9. The van der Waals surface area contributed by atoms with E-state index < -0.39 is 36.0 Å². The number of benzene rings is 1. The number of Topliss-reactive ketones (excluding diaryl/α,β-unsaturated/α-hetero) is 1. The zero-order chi connectivity index (χ0) is 13.3. The lowest BCUT2D eigenvalue weighted by atomic mass is 9.97. The van der Waals surface area contributed by atoms with Crippen LogP contribution in [-0.2, 0) is 19.2 Å². The summed E-state index contributed by atoms with van der Waals surface area (Å²) in [5.41, 5.74) is 0.397. The third-order valence-electron chi connectivity index (χ3n) is 2.66. The van der Waals surface area contributed by atoms with Crippen LogP contribution in [0.3, 0.4) is 0 Å². The van der Waals surface area contributed by atoms with Crippen molar-refractivity contribution < 1.29 is 24.3 Å². The van der Waals surface area contributed by atoms with Crippen LogP contribution in [0.5, 0.6) is 0 Å². The molecule has 0 spiro atoms. The maximum Gasteiger partial charge on any atom is 0.323 e. The minimum atomic E-state index is -1.33. The summed E-state index contributed by atoms with van der Waals surface area (Å²) in [6.45, 7) is -0.785. The number of ketones is 1. The molecule has 1 aliphatic rings. The van der Waals surface area contributed by atoms with E-state index in [1.54, 1.807) is 30.3 Å². The SMILES string of the molecule is O=C(O)CN1C(=O)C(=O)C(c2ccccc2)C1=O. The van der Waals surface area contributed by atoms with E-state index in [0.717, 1.165) is 0 Å². The smallest absolute Gasteiger partial charge is 0.323 e. The zero-order valence-corrected chi connectivity index (χ0v) is 9.20. The van der Waals surface area contributed by atoms with Crippen molar-refractivity contribution in [1.29, 1.82) is 0 Å². The largest absolute Gasteiger partial charge is 0.480 e. The number of amides is 2. The lowest BCUT2D eigenvalue weighted by Gasteiger charge is -2.10. The van der Waals surface area contributed by atoms with Crippen LogP contribution in [0.2, 0.25) is 0 Å². The topological polar surface area (TPSA) is 91.8 Å². The molecule has 1 unspecified atom stereocenters. The van der Waals surface area contributed by atoms with Gasteiger partial charge in [-0.2, -0.15) is 0 Å². The lowest BCUT2D eigenvalue weighted by molar-refractivity contribution is -0.150. The van der Waals surface area contributed by atoms with E-state index in [0.29, 0.717) is 10.5 Å². The first-order valence-corrected chi connectivity index (χ1v) is 5.18. The molecule has 1 heterocycles. The van der Waals surface area contributed by atoms with E-state index in [2.05, 4.69) is 0 Å². The number of hydrogen-bond acceptors (Lipinski definition) is 4. The van der Waals surface area contributed by atoms with Gasteiger partial charge in [0.05, 0.1) is 0 Å². The number of hydrogen-bond donors (Lipinski definition) is 1. The highest BCUT2D eigenvalue weighted by atomic mass is 16.4. The molecule has 1 aliphatic heterocycles. The molecule has 0 aromatic heterocycles. The predicted molar refractivity (Wildman–Crippen MR) is 58.5 cm³/mol. The Kier molecular flexibility index (Phi) is 2.93. The van der Waals surface area contributed by atoms with Crippen molar-refractivity contribution in [3.05, 3.63) is 35.9 Å². The van der Waals surface area contributed by atoms with E-state index in [1.165, 1.54) is 0 Å². The van der Waals surface area contributed by atoms with Gasteiger partial charge in [-0.1, -0.05) is 30.3 Å². The van der Waals surface area contributed by atoms with Crippen molar-refractivity contribution in [1.82, 2.24) is 4.90 Å². The first-order valence-electron chi connectivity index (χ1n) is 5.18. The molecule has 1 atom stereocenters. The monoisotopic (exact) mass is 247 g/mol. The number of nitrogens with zero attached hydrogens (tertiary/aromatic N) is 1. The summed E-state index contributed by atoms with van der Waals surface area (Å²) in [6, 6.07) is 8.10. The number of aliphatic carboxylic acids is 1. The minimum Gasteiger partial charge on any atom is -0.480 e. The quantitative estimate of drug-likeness (QED) is 0.453. The third kappa shape index (κ3) is 1.88. The Hall–Kier alpha value is -2.50. The van der Waals surface area contributed by atoms with Crippen LogP contribution < -0.4 is 0 Å². The van der Waals surface area contributed by atoms with Crippen LogP contribution >= 0.6 is 0 Å². The standard InChI is InChI=1S/C12H9NO5/c14-8(15)6-13-11(17)9(10(16)12(13)18)7-4-2-1-3-5-7/h1-5,9H,6H2,(H,14,15). The first kappa shape index (κ1) is 12.0. The van der Waals surface area contributed by atoms with Crippen molar-refractivity contribution >= 4 is 23.6 Å². The Bertz CT molecular complexity index is 537. The van der Waals surface area contributed by atoms with E-state index in [1.807, 2.05) is 0 Å². The second-order valence-corrected chi connectivity index (χ2v) is 3.83. The van der Waals surface area contributed by atoms with Gasteiger partial charge in [0.1, 0.15) is 12.5 Å². The molecule has 0 bridgehead atoms. The molecule has 1 aromatic carbocycles. The summed E-state index contributed by atoms with van der Waals surface area (Å²) in [5, 5.41) is 8.60. The fraction of sp³-hybridized carbons (Fsp3) is 0.167. The number of likely N-dealkylation sites (tertiary alicyclic amines) is 1. The van der Waals surface area contributed by atoms with Crippen LogP contribution in [0.15, 0.2) is 30.3 Å². The van der Waals surface area contributed by atoms with Gasteiger partial charge >= 0.3 is 5.97 Å². The van der Waals surface area contributed by atoms with E-state index >= 15 is 0 Å². The van der Waals surface area contributed by atoms with E-state index in [-0.39, 0.29) is 0 Å². The molecule has 1 N–H and O–H groups in total. The van der Waals surface area contributed by atoms with Gasteiger partial charge in [0.15, 0.2) is 0 Å². The summed E-state index contributed by atoms with van der Waals surface area (Å²) < 4.78 is 0. The lowest BCUT2D eigenvalue weighted by Crippen LogP contribution is -2.35. The maximum absolute atomic E-state index is 11.9. The Balaban J connectivity index is 2.35. The second kappa shape index (κ2) is 4.40. The fourth-order valence-electron chi connectivity index (χ4n) is 1.85. The molecule has 1 saturated heterocycles. The van der Waals surface area contributed by atoms with Gasteiger partial charge in [0.2, 0.25) is 11.7 Å². The van der Waals surface area contributed by atoms with Gasteiger partial charge in [0, 0.05) is 0 Å². The second-order valence-electron chi connectivity index (χ2n) is 3.83. The third-order valence-corrected chi connectivity index (χ3v) is 2.66. The highest BCUT2D eigenvalue weighted by Gasteiger charge is 2.48. The van der Waals surface area contributed by atoms with Crippen molar-refractivity contribution in [3.63, 3.8) is 0 Å². The molecule has 1 fully saturated rings. The Labute approximate surface area is 102 Å². The van der Waals surface area contributed by atoms with Gasteiger partial charge in [0.25, 0.3) is 5.91 Å². The molecule has 6 nitrogen and oxygen atoms in total. The molecule has 1 aromatic rings. The molecule has 2 amide bonds. The molecule has 0 saturated carbocycles. The van der Waals surface area contributed by atoms with E-state index in [4.69, 9.17) is 5.11 Å². The molecule has 2 rings (SSSR count). The summed E-state index contributed by atoms with van der Waals surface area (Å²) in [4.78, 5) is 46.1. The van der Waals surface area contributed by atoms with Gasteiger partial charge < -0.3 is 5.11 Å². The van der Waals surface area contributed by atoms with E-state index in [9.17, 15) is 19.2 Å². The predicted octanol–water partition coefficient (Wildman–Crippen LogP) is -0.207. The highest BCUT2D eigenvalue weighted by Crippen LogP contribution is 2.26. The number of carboxylic acids is 1. The highest BCUT2D eigenvalue weighted by molar-refractivity contribution is 6.50. The molecular weight excluding hydrogens is 238 g/mol. The van der Waals surface area contributed by atoms with Crippen LogP contribution in [0, 0.1) is 0 Å². The Morgan fingerprint density at radius 2 is 1.78 bits per heavy atom. The van der Waals surface area contributed by atoms with Gasteiger partial charge in [-0.25, -0.2) is 0 Å². The molecule has 0 radical (unpaired) electrons. The van der Waals surface area contributed by atoms with Crippen LogP contribution in [-0.4, -0.2) is 40.1 Å². The summed E-state index contributed by atoms with van der Waals surface area (Å²) in [7, 11) is 0. The average Bonchev–Trinajstić information content (AvgIpc) is 2.54. The normalized spacial score (nSPS) is 19.4. The number of carbonyl (C=O) groups excluding carboxylic acids is 3. The van der Waals surface area contributed by atoms with Crippen molar-refractivity contribution in [2.24, 2.45) is 0 Å². The minimum absolute atomic E-state index is 0.397. The Morgan fingerprint density at radius 3 is 2.33 bits per heavy atom. The Morgan fingerprint density at radius 1 is 1.17 bits per heavy atom. The number of carbonyl (C=O) groups is 4. The van der Waals surface area contributed by atoms with Gasteiger partial charge in [-0.05, 0) is 5.56 Å². The summed E-state index contributed by atoms with van der Waals surface area (Å²) >= 11 is 0. The molecule has 6 heteroatoms. The molecule has 18 heavy (non-hydrogen) atoms. The van der Waals surface area contributed by atoms with Crippen molar-refractivity contribution in [2.45, 2.75) is 5.92 Å². The van der Waals surface area contributed by atoms with Crippen molar-refractivity contribution in [3.8, 4) is 0 Å². The first-order chi connectivity index (χ1) is 8.52. The molecule has 0 aliphatic carbocycles. The van der Waals surface area contributed by atoms with Crippen molar-refractivity contribution in [2.75, 3.05) is 6.54 Å². The number of rotatable bonds is 3. The van der Waals surface area contributed by atoms with Crippen LogP contribution in [0.4, 0.5) is 0 Å². The van der Waals surface area contributed by atoms with Gasteiger partial charge in [-0.3, -0.25) is 24.1 Å². The number of imide groups is 1. The molecular formula is C12H9NO5.